The minimum atomic E-state index is 0.402. The molecule has 0 aliphatic heterocycles. The van der Waals surface area contributed by atoms with E-state index in [-0.39, 0.29) is 0 Å². The van der Waals surface area contributed by atoms with Crippen LogP contribution < -0.4 is 11.1 Å². The summed E-state index contributed by atoms with van der Waals surface area (Å²) in [5.74, 6) is 0.656. The minimum absolute atomic E-state index is 0.402. The van der Waals surface area contributed by atoms with Crippen molar-refractivity contribution >= 4 is 5.82 Å². The number of aromatic nitrogens is 1. The van der Waals surface area contributed by atoms with Crippen molar-refractivity contribution in [2.75, 3.05) is 12.8 Å². The van der Waals surface area contributed by atoms with Crippen molar-refractivity contribution in [1.29, 1.82) is 0 Å². The second kappa shape index (κ2) is 6.90. The standard InChI is InChI=1S/C16H21N3/c1-18-15(13-7-3-2-4-8-13)11-5-9-14-10-6-12-19-16(14)17/h2-4,6-8,10,12,15,18H,5,9,11H2,1H3,(H2,17,19). The molecular formula is C16H21N3. The maximum absolute atomic E-state index is 5.85. The van der Waals surface area contributed by atoms with Crippen LogP contribution >= 0.6 is 0 Å². The molecule has 0 spiro atoms. The molecule has 3 N–H and O–H groups in total. The van der Waals surface area contributed by atoms with Crippen molar-refractivity contribution in [2.24, 2.45) is 0 Å². The normalized spacial score (nSPS) is 12.3. The molecule has 0 saturated heterocycles. The monoisotopic (exact) mass is 255 g/mol. The molecule has 1 heterocycles. The van der Waals surface area contributed by atoms with Crippen LogP contribution in [0.25, 0.3) is 0 Å². The maximum atomic E-state index is 5.85. The van der Waals surface area contributed by atoms with E-state index in [2.05, 4.69) is 40.6 Å². The number of rotatable bonds is 6. The fourth-order valence-corrected chi connectivity index (χ4v) is 2.32. The van der Waals surface area contributed by atoms with Crippen molar-refractivity contribution in [2.45, 2.75) is 25.3 Å². The SMILES string of the molecule is CNC(CCCc1cccnc1N)c1ccccc1. The third-order valence-electron chi connectivity index (χ3n) is 3.42. The van der Waals surface area contributed by atoms with Gasteiger partial charge in [0.05, 0.1) is 0 Å². The quantitative estimate of drug-likeness (QED) is 0.834. The van der Waals surface area contributed by atoms with Gasteiger partial charge in [0.25, 0.3) is 0 Å². The highest BCUT2D eigenvalue weighted by Crippen LogP contribution is 2.20. The number of pyridine rings is 1. The molecule has 1 aromatic heterocycles. The Morgan fingerprint density at radius 1 is 1.16 bits per heavy atom. The third-order valence-corrected chi connectivity index (χ3v) is 3.42. The van der Waals surface area contributed by atoms with Crippen LogP contribution in [0, 0.1) is 0 Å². The first kappa shape index (κ1) is 13.6. The Bertz CT molecular complexity index is 496. The van der Waals surface area contributed by atoms with Gasteiger partial charge < -0.3 is 11.1 Å². The molecule has 19 heavy (non-hydrogen) atoms. The van der Waals surface area contributed by atoms with Crippen LogP contribution in [-0.2, 0) is 6.42 Å². The largest absolute Gasteiger partial charge is 0.383 e. The molecular weight excluding hydrogens is 234 g/mol. The lowest BCUT2D eigenvalue weighted by molar-refractivity contribution is 0.527. The van der Waals surface area contributed by atoms with Crippen molar-refractivity contribution in [3.8, 4) is 0 Å². The highest BCUT2D eigenvalue weighted by Gasteiger charge is 2.08. The van der Waals surface area contributed by atoms with E-state index in [9.17, 15) is 0 Å². The fourth-order valence-electron chi connectivity index (χ4n) is 2.32. The molecule has 0 aliphatic rings. The number of nitrogens with zero attached hydrogens (tertiary/aromatic N) is 1. The smallest absolute Gasteiger partial charge is 0.126 e. The average molecular weight is 255 g/mol. The summed E-state index contributed by atoms with van der Waals surface area (Å²) in [6.45, 7) is 0. The summed E-state index contributed by atoms with van der Waals surface area (Å²) in [4.78, 5) is 4.12. The van der Waals surface area contributed by atoms with E-state index in [1.54, 1.807) is 6.20 Å². The van der Waals surface area contributed by atoms with Gasteiger partial charge in [-0.2, -0.15) is 0 Å². The lowest BCUT2D eigenvalue weighted by Gasteiger charge is -2.16. The van der Waals surface area contributed by atoms with Crippen molar-refractivity contribution in [1.82, 2.24) is 10.3 Å². The van der Waals surface area contributed by atoms with E-state index >= 15 is 0 Å². The molecule has 1 unspecified atom stereocenters. The summed E-state index contributed by atoms with van der Waals surface area (Å²) in [5, 5.41) is 3.37. The summed E-state index contributed by atoms with van der Waals surface area (Å²) in [6, 6.07) is 14.9. The molecule has 0 fully saturated rings. The first-order valence-electron chi connectivity index (χ1n) is 6.73. The van der Waals surface area contributed by atoms with Gasteiger partial charge in [-0.3, -0.25) is 0 Å². The fraction of sp³-hybridized carbons (Fsp3) is 0.312. The van der Waals surface area contributed by atoms with Gasteiger partial charge >= 0.3 is 0 Å². The van der Waals surface area contributed by atoms with Gasteiger partial charge in [-0.1, -0.05) is 36.4 Å². The molecule has 0 saturated carbocycles. The molecule has 0 aliphatic carbocycles. The maximum Gasteiger partial charge on any atom is 0.126 e. The molecule has 3 nitrogen and oxygen atoms in total. The Hall–Kier alpha value is -1.87. The molecule has 0 bridgehead atoms. The number of nitrogens with two attached hydrogens (primary N) is 1. The van der Waals surface area contributed by atoms with E-state index in [1.807, 2.05) is 19.2 Å². The number of anilines is 1. The lowest BCUT2D eigenvalue weighted by Crippen LogP contribution is -2.16. The molecule has 0 radical (unpaired) electrons. The van der Waals surface area contributed by atoms with E-state index in [0.717, 1.165) is 24.8 Å². The van der Waals surface area contributed by atoms with Crippen molar-refractivity contribution in [3.05, 3.63) is 59.8 Å². The minimum Gasteiger partial charge on any atom is -0.383 e. The topological polar surface area (TPSA) is 50.9 Å². The van der Waals surface area contributed by atoms with Crippen molar-refractivity contribution < 1.29 is 0 Å². The van der Waals surface area contributed by atoms with Gasteiger partial charge in [0, 0.05) is 12.2 Å². The molecule has 1 aromatic carbocycles. The molecule has 0 amide bonds. The van der Waals surface area contributed by atoms with Gasteiger partial charge in [-0.25, -0.2) is 4.98 Å². The van der Waals surface area contributed by atoms with Crippen LogP contribution in [0.3, 0.4) is 0 Å². The van der Waals surface area contributed by atoms with Gasteiger partial charge in [0.15, 0.2) is 0 Å². The predicted molar refractivity (Wildman–Crippen MR) is 79.8 cm³/mol. The van der Waals surface area contributed by atoms with Crippen LogP contribution in [-0.4, -0.2) is 12.0 Å². The number of aryl methyl sites for hydroxylation is 1. The second-order valence-electron chi connectivity index (χ2n) is 4.69. The zero-order chi connectivity index (χ0) is 13.5. The van der Waals surface area contributed by atoms with Crippen LogP contribution in [0.4, 0.5) is 5.82 Å². The molecule has 3 heteroatoms. The van der Waals surface area contributed by atoms with Crippen LogP contribution in [0.1, 0.15) is 30.0 Å². The summed E-state index contributed by atoms with van der Waals surface area (Å²) < 4.78 is 0. The zero-order valence-electron chi connectivity index (χ0n) is 11.3. The summed E-state index contributed by atoms with van der Waals surface area (Å²) >= 11 is 0. The van der Waals surface area contributed by atoms with Gasteiger partial charge in [-0.15, -0.1) is 0 Å². The summed E-state index contributed by atoms with van der Waals surface area (Å²) in [6.07, 6.45) is 4.90. The van der Waals surface area contributed by atoms with E-state index in [1.165, 1.54) is 5.56 Å². The Kier molecular flexibility index (Phi) is 4.93. The molecule has 2 rings (SSSR count). The first-order chi connectivity index (χ1) is 9.31. The number of benzene rings is 1. The number of nitrogen functional groups attached to an aromatic ring is 1. The Morgan fingerprint density at radius 3 is 2.63 bits per heavy atom. The molecule has 100 valence electrons. The number of nitrogens with one attached hydrogen (secondary N) is 1. The summed E-state index contributed by atoms with van der Waals surface area (Å²) in [5.41, 5.74) is 8.34. The van der Waals surface area contributed by atoms with E-state index in [0.29, 0.717) is 11.9 Å². The Morgan fingerprint density at radius 2 is 1.95 bits per heavy atom. The summed E-state index contributed by atoms with van der Waals surface area (Å²) in [7, 11) is 2.01. The Labute approximate surface area is 114 Å². The number of hydrogen-bond acceptors (Lipinski definition) is 3. The number of hydrogen-bond donors (Lipinski definition) is 2. The highest BCUT2D eigenvalue weighted by molar-refractivity contribution is 5.38. The van der Waals surface area contributed by atoms with Crippen LogP contribution in [0.2, 0.25) is 0 Å². The first-order valence-corrected chi connectivity index (χ1v) is 6.73. The average Bonchev–Trinajstić information content (AvgIpc) is 2.46. The highest BCUT2D eigenvalue weighted by atomic mass is 14.9. The van der Waals surface area contributed by atoms with E-state index in [4.69, 9.17) is 5.73 Å². The third kappa shape index (κ3) is 3.80. The molecule has 1 atom stereocenters. The predicted octanol–water partition coefficient (Wildman–Crippen LogP) is 2.95. The Balaban J connectivity index is 1.89. The second-order valence-corrected chi connectivity index (χ2v) is 4.69. The van der Waals surface area contributed by atoms with Crippen LogP contribution in [0.5, 0.6) is 0 Å². The van der Waals surface area contributed by atoms with Crippen molar-refractivity contribution in [3.63, 3.8) is 0 Å². The van der Waals surface area contributed by atoms with Gasteiger partial charge in [0.2, 0.25) is 0 Å². The zero-order valence-corrected chi connectivity index (χ0v) is 11.3. The van der Waals surface area contributed by atoms with Gasteiger partial charge in [-0.05, 0) is 43.5 Å². The molecule has 2 aromatic rings. The van der Waals surface area contributed by atoms with Crippen LogP contribution in [0.15, 0.2) is 48.7 Å². The van der Waals surface area contributed by atoms with Gasteiger partial charge in [0.1, 0.15) is 5.82 Å². The van der Waals surface area contributed by atoms with E-state index < -0.39 is 0 Å². The lowest BCUT2D eigenvalue weighted by atomic mass is 9.99.